The van der Waals surface area contributed by atoms with E-state index >= 15 is 0 Å². The van der Waals surface area contributed by atoms with Gasteiger partial charge in [0.05, 0.1) is 31.6 Å². The van der Waals surface area contributed by atoms with E-state index < -0.39 is 0 Å². The Morgan fingerprint density at radius 1 is 0.848 bits per heavy atom. The maximum absolute atomic E-state index is 13.6. The maximum Gasteiger partial charge on any atom is 0.163 e. The molecule has 3 aromatic carbocycles. The first-order valence-corrected chi connectivity index (χ1v) is 11.3. The van der Waals surface area contributed by atoms with Crippen LogP contribution in [0.5, 0.6) is 11.5 Å². The van der Waals surface area contributed by atoms with Crippen molar-refractivity contribution in [2.24, 2.45) is 0 Å². The fraction of sp³-hybridized carbons (Fsp3) is 0.222. The molecule has 0 spiro atoms. The minimum absolute atomic E-state index is 0.0360. The van der Waals surface area contributed by atoms with Crippen molar-refractivity contribution in [2.75, 3.05) is 24.9 Å². The Morgan fingerprint density at radius 2 is 1.64 bits per heavy atom. The van der Waals surface area contributed by atoms with Crippen LogP contribution < -0.4 is 20.1 Å². The second kappa shape index (κ2) is 8.83. The van der Waals surface area contributed by atoms with Gasteiger partial charge in [0.25, 0.3) is 0 Å². The first-order chi connectivity index (χ1) is 16.1. The number of anilines is 2. The molecule has 168 valence electrons. The number of Topliss-reactive ketones (excluding diaryl/α,β-unsaturated/α-hetero) is 1. The summed E-state index contributed by atoms with van der Waals surface area (Å²) in [5.74, 6) is 1.50. The molecular weight excluding hydrogens is 436 g/mol. The van der Waals surface area contributed by atoms with Crippen LogP contribution in [-0.4, -0.2) is 20.0 Å². The molecule has 5 nitrogen and oxygen atoms in total. The SMILES string of the molecule is COc1ccc([C@@H]2CC(=O)C3=C(C2)Nc2ccccc2N[C@H]3c2cccc(Cl)c2)cc1OC. The monoisotopic (exact) mass is 460 g/mol. The van der Waals surface area contributed by atoms with E-state index in [1.807, 2.05) is 66.7 Å². The van der Waals surface area contributed by atoms with Gasteiger partial charge in [0.2, 0.25) is 0 Å². The molecule has 2 N–H and O–H groups in total. The lowest BCUT2D eigenvalue weighted by molar-refractivity contribution is -0.116. The molecule has 0 amide bonds. The number of ether oxygens (including phenoxy) is 2. The predicted molar refractivity (Wildman–Crippen MR) is 131 cm³/mol. The van der Waals surface area contributed by atoms with Gasteiger partial charge in [0, 0.05) is 22.7 Å². The summed E-state index contributed by atoms with van der Waals surface area (Å²) < 4.78 is 10.9. The lowest BCUT2D eigenvalue weighted by atomic mass is 9.78. The summed E-state index contributed by atoms with van der Waals surface area (Å²) in [4.78, 5) is 13.6. The Hall–Kier alpha value is -3.44. The number of carbonyl (C=O) groups excluding carboxylic acids is 1. The van der Waals surface area contributed by atoms with E-state index in [1.54, 1.807) is 14.2 Å². The molecule has 0 radical (unpaired) electrons. The number of nitrogens with one attached hydrogen (secondary N) is 2. The smallest absolute Gasteiger partial charge is 0.163 e. The zero-order chi connectivity index (χ0) is 22.9. The molecule has 2 aliphatic rings. The summed E-state index contributed by atoms with van der Waals surface area (Å²) >= 11 is 6.31. The molecule has 0 saturated heterocycles. The van der Waals surface area contributed by atoms with Crippen LogP contribution >= 0.6 is 11.6 Å². The zero-order valence-corrected chi connectivity index (χ0v) is 19.3. The molecule has 1 heterocycles. The number of fused-ring (bicyclic) bond motifs is 1. The summed E-state index contributed by atoms with van der Waals surface area (Å²) in [5.41, 5.74) is 5.63. The fourth-order valence-corrected chi connectivity index (χ4v) is 4.97. The highest BCUT2D eigenvalue weighted by Gasteiger charge is 2.36. The van der Waals surface area contributed by atoms with Crippen molar-refractivity contribution in [1.82, 2.24) is 0 Å². The van der Waals surface area contributed by atoms with Crippen LogP contribution in [0.2, 0.25) is 5.02 Å². The topological polar surface area (TPSA) is 59.6 Å². The van der Waals surface area contributed by atoms with Gasteiger partial charge in [-0.3, -0.25) is 4.79 Å². The van der Waals surface area contributed by atoms with Gasteiger partial charge in [-0.05, 0) is 59.9 Å². The van der Waals surface area contributed by atoms with E-state index in [2.05, 4.69) is 10.6 Å². The number of rotatable bonds is 4. The van der Waals surface area contributed by atoms with Crippen molar-refractivity contribution in [3.8, 4) is 11.5 Å². The van der Waals surface area contributed by atoms with Gasteiger partial charge < -0.3 is 20.1 Å². The van der Waals surface area contributed by atoms with Crippen LogP contribution in [0.15, 0.2) is 78.0 Å². The van der Waals surface area contributed by atoms with Crippen molar-refractivity contribution in [3.05, 3.63) is 94.1 Å². The predicted octanol–water partition coefficient (Wildman–Crippen LogP) is 6.34. The number of carbonyl (C=O) groups is 1. The van der Waals surface area contributed by atoms with Gasteiger partial charge in [-0.25, -0.2) is 0 Å². The Kier molecular flexibility index (Phi) is 5.73. The zero-order valence-electron chi connectivity index (χ0n) is 18.5. The van der Waals surface area contributed by atoms with E-state index in [-0.39, 0.29) is 17.7 Å². The molecule has 33 heavy (non-hydrogen) atoms. The van der Waals surface area contributed by atoms with Crippen molar-refractivity contribution < 1.29 is 14.3 Å². The lowest BCUT2D eigenvalue weighted by Crippen LogP contribution is -2.26. The molecule has 6 heteroatoms. The Bertz CT molecular complexity index is 1250. The van der Waals surface area contributed by atoms with Gasteiger partial charge in [0.1, 0.15) is 0 Å². The lowest BCUT2D eigenvalue weighted by Gasteiger charge is -2.30. The van der Waals surface area contributed by atoms with Crippen LogP contribution in [0.4, 0.5) is 11.4 Å². The molecule has 0 aromatic heterocycles. The summed E-state index contributed by atoms with van der Waals surface area (Å²) in [7, 11) is 3.24. The average molecular weight is 461 g/mol. The summed E-state index contributed by atoms with van der Waals surface area (Å²) in [6.45, 7) is 0. The molecule has 0 fully saturated rings. The third-order valence-electron chi connectivity index (χ3n) is 6.37. The quantitative estimate of drug-likeness (QED) is 0.476. The van der Waals surface area contributed by atoms with E-state index in [4.69, 9.17) is 21.1 Å². The van der Waals surface area contributed by atoms with E-state index in [0.717, 1.165) is 33.8 Å². The molecular formula is C27H25ClN2O3. The number of hydrogen-bond acceptors (Lipinski definition) is 5. The third kappa shape index (κ3) is 4.05. The van der Waals surface area contributed by atoms with Crippen molar-refractivity contribution in [3.63, 3.8) is 0 Å². The summed E-state index contributed by atoms with van der Waals surface area (Å²) in [5, 5.41) is 7.80. The van der Waals surface area contributed by atoms with Crippen molar-refractivity contribution >= 4 is 28.8 Å². The highest BCUT2D eigenvalue weighted by molar-refractivity contribution is 6.30. The molecule has 1 aliphatic heterocycles. The van der Waals surface area contributed by atoms with Gasteiger partial charge in [-0.15, -0.1) is 0 Å². The standard InChI is InChI=1S/C27H25ClN2O3/c1-32-24-11-10-16(15-25(24)33-2)18-13-22-26(23(31)14-18)27(17-6-5-7-19(28)12-17)30-21-9-4-3-8-20(21)29-22/h3-12,15,18,27,29-30H,13-14H2,1-2H3/t18-,27-/m0/s1. The number of methoxy groups -OCH3 is 2. The van der Waals surface area contributed by atoms with Crippen molar-refractivity contribution in [1.29, 1.82) is 0 Å². The maximum atomic E-state index is 13.6. The van der Waals surface area contributed by atoms with Gasteiger partial charge in [-0.1, -0.05) is 41.9 Å². The Labute approximate surface area is 198 Å². The third-order valence-corrected chi connectivity index (χ3v) is 6.61. The van der Waals surface area contributed by atoms with Crippen LogP contribution in [0, 0.1) is 0 Å². The average Bonchev–Trinajstić information content (AvgIpc) is 3.00. The largest absolute Gasteiger partial charge is 0.493 e. The first-order valence-electron chi connectivity index (χ1n) is 10.9. The highest BCUT2D eigenvalue weighted by Crippen LogP contribution is 2.45. The first kappa shape index (κ1) is 21.4. The molecule has 0 unspecified atom stereocenters. The minimum Gasteiger partial charge on any atom is -0.493 e. The van der Waals surface area contributed by atoms with Crippen LogP contribution in [0.1, 0.15) is 35.9 Å². The van der Waals surface area contributed by atoms with E-state index in [9.17, 15) is 4.79 Å². The fourth-order valence-electron chi connectivity index (χ4n) is 4.77. The number of ketones is 1. The van der Waals surface area contributed by atoms with Gasteiger partial charge in [0.15, 0.2) is 17.3 Å². The number of para-hydroxylation sites is 2. The molecule has 0 saturated carbocycles. The van der Waals surface area contributed by atoms with Crippen LogP contribution in [0.3, 0.4) is 0 Å². The number of halogens is 1. The normalized spacial score (nSPS) is 19.5. The minimum atomic E-state index is -0.284. The summed E-state index contributed by atoms with van der Waals surface area (Å²) in [6, 6.07) is 21.3. The van der Waals surface area contributed by atoms with E-state index in [1.165, 1.54) is 0 Å². The Morgan fingerprint density at radius 3 is 2.39 bits per heavy atom. The van der Waals surface area contributed by atoms with Crippen LogP contribution in [0.25, 0.3) is 0 Å². The molecule has 0 bridgehead atoms. The number of benzene rings is 3. The number of allylic oxidation sites excluding steroid dienone is 1. The molecule has 1 aliphatic carbocycles. The molecule has 2 atom stereocenters. The van der Waals surface area contributed by atoms with Gasteiger partial charge >= 0.3 is 0 Å². The molecule has 3 aromatic rings. The van der Waals surface area contributed by atoms with E-state index in [0.29, 0.717) is 29.4 Å². The highest BCUT2D eigenvalue weighted by atomic mass is 35.5. The molecule has 5 rings (SSSR count). The second-order valence-electron chi connectivity index (χ2n) is 8.34. The summed E-state index contributed by atoms with van der Waals surface area (Å²) in [6.07, 6.45) is 1.13. The van der Waals surface area contributed by atoms with Crippen LogP contribution in [-0.2, 0) is 4.79 Å². The van der Waals surface area contributed by atoms with Crippen molar-refractivity contribution in [2.45, 2.75) is 24.8 Å². The number of hydrogen-bond donors (Lipinski definition) is 2. The Balaban J connectivity index is 1.58. The second-order valence-corrected chi connectivity index (χ2v) is 8.77. The van der Waals surface area contributed by atoms with Gasteiger partial charge in [-0.2, -0.15) is 0 Å².